The van der Waals surface area contributed by atoms with Crippen LogP contribution in [0.5, 0.6) is 0 Å². The van der Waals surface area contributed by atoms with Crippen molar-refractivity contribution in [1.82, 2.24) is 14.9 Å². The third-order valence-electron chi connectivity index (χ3n) is 4.43. The van der Waals surface area contributed by atoms with Crippen molar-refractivity contribution in [2.75, 3.05) is 6.54 Å². The fourth-order valence-electron chi connectivity index (χ4n) is 2.84. The zero-order valence-electron chi connectivity index (χ0n) is 14.3. The van der Waals surface area contributed by atoms with Crippen LogP contribution in [-0.2, 0) is 23.8 Å². The Labute approximate surface area is 145 Å². The summed E-state index contributed by atoms with van der Waals surface area (Å²) in [5.41, 5.74) is 6.90. The van der Waals surface area contributed by atoms with E-state index in [2.05, 4.69) is 10.3 Å². The Balaban J connectivity index is 1.68. The molecule has 1 atom stereocenters. The highest BCUT2D eigenvalue weighted by molar-refractivity contribution is 5.87. The molecule has 1 unspecified atom stereocenters. The van der Waals surface area contributed by atoms with Crippen LogP contribution in [-0.4, -0.2) is 22.0 Å². The van der Waals surface area contributed by atoms with Crippen molar-refractivity contribution in [2.24, 2.45) is 12.8 Å². The molecular formula is C19H21FN4O. The van der Waals surface area contributed by atoms with Gasteiger partial charge in [0, 0.05) is 20.0 Å². The van der Waals surface area contributed by atoms with E-state index in [0.717, 1.165) is 11.1 Å². The van der Waals surface area contributed by atoms with Crippen LogP contribution in [0, 0.1) is 5.82 Å². The molecule has 0 saturated carbocycles. The first kappa shape index (κ1) is 17.1. The van der Waals surface area contributed by atoms with Crippen molar-refractivity contribution in [3.8, 4) is 0 Å². The predicted octanol–water partition coefficient (Wildman–Crippen LogP) is 2.25. The fraction of sp³-hybridized carbons (Fsp3) is 0.263. The normalized spacial score (nSPS) is 13.6. The lowest BCUT2D eigenvalue weighted by Crippen LogP contribution is -2.49. The van der Waals surface area contributed by atoms with E-state index >= 15 is 0 Å². The van der Waals surface area contributed by atoms with Gasteiger partial charge in [0.2, 0.25) is 5.91 Å². The van der Waals surface area contributed by atoms with E-state index in [9.17, 15) is 9.18 Å². The predicted molar refractivity (Wildman–Crippen MR) is 95.4 cm³/mol. The van der Waals surface area contributed by atoms with Crippen molar-refractivity contribution in [2.45, 2.75) is 18.9 Å². The molecule has 1 heterocycles. The van der Waals surface area contributed by atoms with Crippen molar-refractivity contribution in [3.05, 3.63) is 65.7 Å². The first-order valence-electron chi connectivity index (χ1n) is 8.14. The molecule has 25 heavy (non-hydrogen) atoms. The number of nitrogens with zero attached hydrogens (tertiary/aromatic N) is 2. The van der Waals surface area contributed by atoms with E-state index in [0.29, 0.717) is 24.3 Å². The molecule has 0 saturated heterocycles. The second-order valence-electron chi connectivity index (χ2n) is 6.27. The molecule has 3 aromatic rings. The van der Waals surface area contributed by atoms with Crippen LogP contribution in [0.1, 0.15) is 18.3 Å². The number of hydrogen-bond acceptors (Lipinski definition) is 3. The SMILES string of the molecule is Cn1c(CCNC(=O)C(C)(N)c2ccccc2)nc2c(F)cccc21. The molecule has 0 aliphatic rings. The number of halogens is 1. The summed E-state index contributed by atoms with van der Waals surface area (Å²) in [5, 5.41) is 2.85. The standard InChI is InChI=1S/C19H21FN4O/c1-19(21,13-7-4-3-5-8-13)18(25)22-12-11-16-23-17-14(20)9-6-10-15(17)24(16)2/h3-10H,11-12,21H2,1-2H3,(H,22,25). The van der Waals surface area contributed by atoms with Gasteiger partial charge >= 0.3 is 0 Å². The third-order valence-corrected chi connectivity index (χ3v) is 4.43. The molecule has 0 fully saturated rings. The van der Waals surface area contributed by atoms with Crippen LogP contribution in [0.15, 0.2) is 48.5 Å². The molecule has 130 valence electrons. The number of benzene rings is 2. The van der Waals surface area contributed by atoms with Gasteiger partial charge in [0.15, 0.2) is 5.82 Å². The van der Waals surface area contributed by atoms with Gasteiger partial charge in [0.05, 0.1) is 5.52 Å². The largest absolute Gasteiger partial charge is 0.354 e. The van der Waals surface area contributed by atoms with Gasteiger partial charge < -0.3 is 15.6 Å². The summed E-state index contributed by atoms with van der Waals surface area (Å²) in [6.07, 6.45) is 0.487. The van der Waals surface area contributed by atoms with Crippen LogP contribution >= 0.6 is 0 Å². The fourth-order valence-corrected chi connectivity index (χ4v) is 2.84. The number of aryl methyl sites for hydroxylation is 1. The monoisotopic (exact) mass is 340 g/mol. The van der Waals surface area contributed by atoms with E-state index in [-0.39, 0.29) is 11.7 Å². The van der Waals surface area contributed by atoms with Crippen LogP contribution in [0.3, 0.4) is 0 Å². The molecule has 6 heteroatoms. The average Bonchev–Trinajstić information content (AvgIpc) is 2.93. The van der Waals surface area contributed by atoms with E-state index in [1.54, 1.807) is 13.0 Å². The number of hydrogen-bond donors (Lipinski definition) is 2. The summed E-state index contributed by atoms with van der Waals surface area (Å²) in [5.74, 6) is 0.101. The minimum Gasteiger partial charge on any atom is -0.354 e. The lowest BCUT2D eigenvalue weighted by Gasteiger charge is -2.24. The van der Waals surface area contributed by atoms with Gasteiger partial charge in [0.25, 0.3) is 0 Å². The Morgan fingerprint density at radius 2 is 1.96 bits per heavy atom. The van der Waals surface area contributed by atoms with E-state index < -0.39 is 5.54 Å². The Bertz CT molecular complexity index is 902. The number of imidazole rings is 1. The zero-order valence-corrected chi connectivity index (χ0v) is 14.3. The molecule has 0 radical (unpaired) electrons. The number of carbonyl (C=O) groups excluding carboxylic acids is 1. The Morgan fingerprint density at radius 1 is 1.24 bits per heavy atom. The maximum Gasteiger partial charge on any atom is 0.244 e. The van der Waals surface area contributed by atoms with Crippen LogP contribution < -0.4 is 11.1 Å². The molecule has 3 rings (SSSR count). The summed E-state index contributed by atoms with van der Waals surface area (Å²) >= 11 is 0. The number of para-hydroxylation sites is 1. The van der Waals surface area contributed by atoms with Gasteiger partial charge in [-0.3, -0.25) is 4.79 Å². The van der Waals surface area contributed by atoms with Gasteiger partial charge in [-0.25, -0.2) is 9.37 Å². The second-order valence-corrected chi connectivity index (χ2v) is 6.27. The number of aromatic nitrogens is 2. The first-order chi connectivity index (χ1) is 11.9. The lowest BCUT2D eigenvalue weighted by atomic mass is 9.92. The van der Waals surface area contributed by atoms with Gasteiger partial charge in [0.1, 0.15) is 16.9 Å². The maximum atomic E-state index is 13.8. The molecule has 1 aromatic heterocycles. The van der Waals surface area contributed by atoms with Gasteiger partial charge in [-0.15, -0.1) is 0 Å². The smallest absolute Gasteiger partial charge is 0.244 e. The van der Waals surface area contributed by atoms with Crippen molar-refractivity contribution in [3.63, 3.8) is 0 Å². The summed E-state index contributed by atoms with van der Waals surface area (Å²) in [6.45, 7) is 2.05. The molecule has 2 aromatic carbocycles. The van der Waals surface area contributed by atoms with Crippen LogP contribution in [0.2, 0.25) is 0 Å². The highest BCUT2D eigenvalue weighted by Gasteiger charge is 2.29. The molecule has 5 nitrogen and oxygen atoms in total. The Kier molecular flexibility index (Phi) is 4.55. The third kappa shape index (κ3) is 3.25. The van der Waals surface area contributed by atoms with Gasteiger partial charge in [-0.2, -0.15) is 0 Å². The number of nitrogens with one attached hydrogen (secondary N) is 1. The van der Waals surface area contributed by atoms with E-state index in [4.69, 9.17) is 5.73 Å². The molecule has 0 aliphatic carbocycles. The highest BCUT2D eigenvalue weighted by Crippen LogP contribution is 2.19. The van der Waals surface area contributed by atoms with Gasteiger partial charge in [-0.1, -0.05) is 36.4 Å². The quantitative estimate of drug-likeness (QED) is 0.748. The lowest BCUT2D eigenvalue weighted by molar-refractivity contribution is -0.126. The average molecular weight is 340 g/mol. The van der Waals surface area contributed by atoms with Crippen LogP contribution in [0.25, 0.3) is 11.0 Å². The topological polar surface area (TPSA) is 72.9 Å². The highest BCUT2D eigenvalue weighted by atomic mass is 19.1. The molecular weight excluding hydrogens is 319 g/mol. The molecule has 0 spiro atoms. The van der Waals surface area contributed by atoms with Crippen molar-refractivity contribution >= 4 is 16.9 Å². The zero-order chi connectivity index (χ0) is 18.0. The van der Waals surface area contributed by atoms with E-state index in [1.807, 2.05) is 48.0 Å². The molecule has 0 aliphatic heterocycles. The number of rotatable bonds is 5. The van der Waals surface area contributed by atoms with Crippen LogP contribution in [0.4, 0.5) is 4.39 Å². The number of carbonyl (C=O) groups is 1. The van der Waals surface area contributed by atoms with Crippen molar-refractivity contribution < 1.29 is 9.18 Å². The molecule has 1 amide bonds. The minimum absolute atomic E-state index is 0.261. The Morgan fingerprint density at radius 3 is 2.64 bits per heavy atom. The summed E-state index contributed by atoms with van der Waals surface area (Å²) in [4.78, 5) is 16.8. The first-order valence-corrected chi connectivity index (χ1v) is 8.14. The summed E-state index contributed by atoms with van der Waals surface area (Å²) in [6, 6.07) is 14.1. The minimum atomic E-state index is -1.11. The molecule has 0 bridgehead atoms. The van der Waals surface area contributed by atoms with E-state index in [1.165, 1.54) is 6.07 Å². The molecule has 3 N–H and O–H groups in total. The summed E-state index contributed by atoms with van der Waals surface area (Å²) < 4.78 is 15.6. The summed E-state index contributed by atoms with van der Waals surface area (Å²) in [7, 11) is 1.84. The number of fused-ring (bicyclic) bond motifs is 1. The maximum absolute atomic E-state index is 13.8. The number of amides is 1. The number of nitrogens with two attached hydrogens (primary N) is 1. The Hall–Kier alpha value is -2.73. The van der Waals surface area contributed by atoms with Crippen molar-refractivity contribution in [1.29, 1.82) is 0 Å². The van der Waals surface area contributed by atoms with Gasteiger partial charge in [-0.05, 0) is 24.6 Å². The second kappa shape index (κ2) is 6.64.